The Morgan fingerprint density at radius 3 is 1.36 bits per heavy atom. The van der Waals surface area contributed by atoms with E-state index in [1.54, 1.807) is 12.2 Å². The van der Waals surface area contributed by atoms with Crippen LogP contribution in [0.4, 0.5) is 0 Å². The van der Waals surface area contributed by atoms with E-state index < -0.39 is 51.8 Å². The topological polar surface area (TPSA) is 149 Å². The Labute approximate surface area is 373 Å². The summed E-state index contributed by atoms with van der Waals surface area (Å²) in [7, 11) is -4.65. The van der Waals surface area contributed by atoms with E-state index in [2.05, 4.69) is 30.5 Å². The molecule has 0 aliphatic rings. The van der Waals surface area contributed by atoms with E-state index >= 15 is 0 Å². The molecule has 10 nitrogen and oxygen atoms in total. The second-order valence-corrected chi connectivity index (χ2v) is 18.4. The van der Waals surface area contributed by atoms with Crippen LogP contribution in [0.3, 0.4) is 0 Å². The lowest BCUT2D eigenvalue weighted by molar-refractivity contribution is -0.157. The molecular weight excluding hydrogens is 792 g/mol. The zero-order valence-corrected chi connectivity index (χ0v) is 40.0. The molecule has 0 aromatic carbocycles. The molecule has 1 unspecified atom stereocenters. The molecule has 0 radical (unpaired) electrons. The third-order valence-electron chi connectivity index (χ3n) is 10.9. The highest BCUT2D eigenvalue weighted by Gasteiger charge is 2.26. The fraction of sp³-hybridized carbons (Fsp3) is 0.840. The summed E-state index contributed by atoms with van der Waals surface area (Å²) in [6.07, 6.45) is 50.5. The molecule has 3 N–H and O–H groups in total. The van der Waals surface area contributed by atoms with Crippen LogP contribution < -0.4 is 0 Å². The molecule has 0 aromatic heterocycles. The van der Waals surface area contributed by atoms with Gasteiger partial charge < -0.3 is 24.6 Å². The summed E-state index contributed by atoms with van der Waals surface area (Å²) in [4.78, 5) is 34.9. The second-order valence-electron chi connectivity index (χ2n) is 16.9. The third-order valence-corrected chi connectivity index (χ3v) is 11.8. The number of aliphatic hydroxyl groups excluding tert-OH is 2. The quantitative estimate of drug-likeness (QED) is 0.0135. The number of unbranched alkanes of at least 4 members (excludes halogenated alkanes) is 30. The molecule has 0 saturated carbocycles. The van der Waals surface area contributed by atoms with Gasteiger partial charge in [-0.3, -0.25) is 13.8 Å². The summed E-state index contributed by atoms with van der Waals surface area (Å²) in [6, 6.07) is 0. The van der Waals surface area contributed by atoms with Crippen LogP contribution >= 0.6 is 7.82 Å². The van der Waals surface area contributed by atoms with E-state index in [1.165, 1.54) is 186 Å². The Balaban J connectivity index is 4.24. The maximum atomic E-state index is 12.5. The van der Waals surface area contributed by atoms with E-state index in [9.17, 15) is 24.2 Å². The van der Waals surface area contributed by atoms with Crippen molar-refractivity contribution in [3.63, 3.8) is 0 Å². The van der Waals surface area contributed by atoms with Gasteiger partial charge in [-0.25, -0.2) is 9.36 Å². The number of phosphoric acid groups is 1. The van der Waals surface area contributed by atoms with Crippen LogP contribution in [0, 0.1) is 0 Å². The highest BCUT2D eigenvalue weighted by atomic mass is 31.2. The Hall–Kier alpha value is -1.81. The number of allylic oxidation sites excluding steroid dienone is 5. The lowest BCUT2D eigenvalue weighted by Crippen LogP contribution is -2.29. The van der Waals surface area contributed by atoms with Gasteiger partial charge in [0.2, 0.25) is 0 Å². The first-order chi connectivity index (χ1) is 29.7. The number of hydrogen-bond acceptors (Lipinski definition) is 9. The van der Waals surface area contributed by atoms with Crippen molar-refractivity contribution in [3.8, 4) is 0 Å². The van der Waals surface area contributed by atoms with Crippen LogP contribution in [0.25, 0.3) is 0 Å². The highest BCUT2D eigenvalue weighted by molar-refractivity contribution is 7.47. The number of carbonyl (C=O) groups is 2. The van der Waals surface area contributed by atoms with Crippen LogP contribution in [0.15, 0.2) is 36.5 Å². The Morgan fingerprint density at radius 1 is 0.525 bits per heavy atom. The molecule has 0 spiro atoms. The fourth-order valence-electron chi connectivity index (χ4n) is 7.02. The van der Waals surface area contributed by atoms with Gasteiger partial charge in [-0.15, -0.1) is 0 Å². The summed E-state index contributed by atoms with van der Waals surface area (Å²) >= 11 is 0. The smallest absolute Gasteiger partial charge is 0.462 e. The first kappa shape index (κ1) is 59.2. The molecule has 61 heavy (non-hydrogen) atoms. The summed E-state index contributed by atoms with van der Waals surface area (Å²) < 4.78 is 32.6. The van der Waals surface area contributed by atoms with Crippen LogP contribution in [-0.2, 0) is 32.7 Å². The molecule has 0 aliphatic heterocycles. The van der Waals surface area contributed by atoms with E-state index in [0.717, 1.165) is 25.7 Å². The molecule has 0 rings (SSSR count). The van der Waals surface area contributed by atoms with Crippen molar-refractivity contribution < 1.29 is 47.8 Å². The molecular formula is C50H93O10P. The lowest BCUT2D eigenvalue weighted by atomic mass is 10.0. The lowest BCUT2D eigenvalue weighted by Gasteiger charge is -2.19. The van der Waals surface area contributed by atoms with Gasteiger partial charge in [0, 0.05) is 12.5 Å². The van der Waals surface area contributed by atoms with Gasteiger partial charge >= 0.3 is 19.8 Å². The zero-order valence-electron chi connectivity index (χ0n) is 39.1. The molecule has 0 bridgehead atoms. The standard InChI is InChI=1S/C50H93O10P/c1-3-5-7-9-11-13-15-17-19-20-21-22-23-24-25-26-28-29-31-33-35-37-39-41-49(53)57-45-48(46-59-61(55,56)58-44-47(52)43-51)60-50(54)42-40-38-36-34-32-30-27-18-16-14-12-10-8-6-4-2/h33,35-36,38,40,42,47-48,51-52H,3-32,34,37,39,41,43-46H2,1-2H3,(H,55,56)/b35-33+,38-36+,42-40+/t47-,48+/m1/s1. The predicted octanol–water partition coefficient (Wildman–Crippen LogP) is 13.9. The molecule has 358 valence electrons. The second kappa shape index (κ2) is 46.2. The van der Waals surface area contributed by atoms with Crippen molar-refractivity contribution in [2.75, 3.05) is 26.4 Å². The minimum atomic E-state index is -4.65. The number of phosphoric ester groups is 1. The van der Waals surface area contributed by atoms with Gasteiger partial charge in [0.25, 0.3) is 0 Å². The van der Waals surface area contributed by atoms with Crippen LogP contribution in [0.2, 0.25) is 0 Å². The van der Waals surface area contributed by atoms with Crippen molar-refractivity contribution in [2.24, 2.45) is 0 Å². The van der Waals surface area contributed by atoms with Crippen LogP contribution in [0.5, 0.6) is 0 Å². The highest BCUT2D eigenvalue weighted by Crippen LogP contribution is 2.43. The number of carbonyl (C=O) groups excluding carboxylic acids is 2. The molecule has 0 saturated heterocycles. The SMILES string of the molecule is CCCCCCCCCCCCC/C=C/C=C/C(=O)O[C@@H](COC(=O)CCC/C=C/CCCCCCCCCCCCCCCCCCCC)COP(=O)(O)OC[C@H](O)CO. The van der Waals surface area contributed by atoms with Gasteiger partial charge in [0.05, 0.1) is 19.8 Å². The Kier molecular flexibility index (Phi) is 44.8. The molecule has 0 amide bonds. The maximum absolute atomic E-state index is 12.5. The summed E-state index contributed by atoms with van der Waals surface area (Å²) in [5.41, 5.74) is 0. The number of rotatable bonds is 47. The minimum absolute atomic E-state index is 0.176. The van der Waals surface area contributed by atoms with E-state index in [1.807, 2.05) is 6.08 Å². The molecule has 0 heterocycles. The van der Waals surface area contributed by atoms with Crippen LogP contribution in [-0.4, -0.2) is 65.7 Å². The van der Waals surface area contributed by atoms with Crippen molar-refractivity contribution in [3.05, 3.63) is 36.5 Å². The monoisotopic (exact) mass is 885 g/mol. The molecule has 0 aromatic rings. The van der Waals surface area contributed by atoms with Gasteiger partial charge in [-0.05, 0) is 38.5 Å². The average Bonchev–Trinajstić information content (AvgIpc) is 3.25. The van der Waals surface area contributed by atoms with E-state index in [4.69, 9.17) is 19.1 Å². The van der Waals surface area contributed by atoms with Crippen molar-refractivity contribution in [2.45, 2.75) is 244 Å². The number of ether oxygens (including phenoxy) is 2. The summed E-state index contributed by atoms with van der Waals surface area (Å²) in [6.45, 7) is 2.26. The number of aliphatic hydroxyl groups is 2. The van der Waals surface area contributed by atoms with Gasteiger partial charge in [-0.2, -0.15) is 0 Å². The number of esters is 2. The molecule has 0 aliphatic carbocycles. The molecule has 11 heteroatoms. The Morgan fingerprint density at radius 2 is 0.918 bits per heavy atom. The Bertz CT molecular complexity index is 1110. The van der Waals surface area contributed by atoms with Crippen molar-refractivity contribution in [1.29, 1.82) is 0 Å². The first-order valence-corrected chi connectivity index (χ1v) is 26.5. The predicted molar refractivity (Wildman–Crippen MR) is 251 cm³/mol. The zero-order chi connectivity index (χ0) is 44.8. The van der Waals surface area contributed by atoms with Crippen molar-refractivity contribution in [1.82, 2.24) is 0 Å². The normalized spacial score (nSPS) is 14.0. The fourth-order valence-corrected chi connectivity index (χ4v) is 7.81. The minimum Gasteiger partial charge on any atom is -0.462 e. The van der Waals surface area contributed by atoms with E-state index in [-0.39, 0.29) is 13.0 Å². The number of hydrogen-bond donors (Lipinski definition) is 3. The maximum Gasteiger partial charge on any atom is 0.472 e. The van der Waals surface area contributed by atoms with E-state index in [0.29, 0.717) is 6.42 Å². The first-order valence-electron chi connectivity index (χ1n) is 25.0. The van der Waals surface area contributed by atoms with Gasteiger partial charge in [0.1, 0.15) is 12.7 Å². The van der Waals surface area contributed by atoms with Gasteiger partial charge in [0.15, 0.2) is 6.10 Å². The summed E-state index contributed by atoms with van der Waals surface area (Å²) in [5.74, 6) is -1.21. The van der Waals surface area contributed by atoms with Crippen LogP contribution in [0.1, 0.15) is 232 Å². The van der Waals surface area contributed by atoms with Crippen molar-refractivity contribution >= 4 is 19.8 Å². The molecule has 0 fully saturated rings. The van der Waals surface area contributed by atoms with Gasteiger partial charge in [-0.1, -0.05) is 218 Å². The largest absolute Gasteiger partial charge is 0.472 e. The summed E-state index contributed by atoms with van der Waals surface area (Å²) in [5, 5.41) is 18.4. The molecule has 3 atom stereocenters. The average molecular weight is 885 g/mol. The third kappa shape index (κ3) is 46.0.